The average molecular weight is 235 g/mol. The monoisotopic (exact) mass is 235 g/mol. The van der Waals surface area contributed by atoms with Crippen LogP contribution in [0.5, 0.6) is 0 Å². The van der Waals surface area contributed by atoms with Crippen LogP contribution in [-0.2, 0) is 0 Å². The van der Waals surface area contributed by atoms with Gasteiger partial charge in [-0.25, -0.2) is 0 Å². The molecule has 0 radical (unpaired) electrons. The second-order valence-electron chi connectivity index (χ2n) is 4.53. The lowest BCUT2D eigenvalue weighted by Crippen LogP contribution is -2.47. The van der Waals surface area contributed by atoms with Gasteiger partial charge in [-0.05, 0) is 24.2 Å². The highest BCUT2D eigenvalue weighted by atomic mass is 16.3. The van der Waals surface area contributed by atoms with E-state index in [-0.39, 0.29) is 0 Å². The Bertz CT molecular complexity index is 323. The minimum Gasteiger partial charge on any atom is -0.387 e. The predicted octanol–water partition coefficient (Wildman–Crippen LogP) is 0.752. The van der Waals surface area contributed by atoms with Crippen LogP contribution < -0.4 is 0 Å². The Morgan fingerprint density at radius 2 is 1.76 bits per heavy atom. The normalized spacial score (nSPS) is 20.4. The summed E-state index contributed by atoms with van der Waals surface area (Å²) in [5.41, 5.74) is 0.956. The fourth-order valence-electron chi connectivity index (χ4n) is 2.22. The van der Waals surface area contributed by atoms with Crippen molar-refractivity contribution in [2.45, 2.75) is 13.0 Å². The van der Waals surface area contributed by atoms with Gasteiger partial charge in [0.1, 0.15) is 0 Å². The van der Waals surface area contributed by atoms with Gasteiger partial charge >= 0.3 is 0 Å². The van der Waals surface area contributed by atoms with Gasteiger partial charge in [-0.2, -0.15) is 0 Å². The lowest BCUT2D eigenvalue weighted by atomic mass is 10.1. The third kappa shape index (κ3) is 3.49. The third-order valence-corrected chi connectivity index (χ3v) is 3.43. The summed E-state index contributed by atoms with van der Waals surface area (Å²) in [7, 11) is 0. The lowest BCUT2D eigenvalue weighted by molar-refractivity contribution is 0.0743. The minimum absolute atomic E-state index is 0.397. The maximum Gasteiger partial charge on any atom is 0.0918 e. The molecule has 1 aromatic rings. The molecule has 0 spiro atoms. The van der Waals surface area contributed by atoms with Crippen molar-refractivity contribution in [1.82, 2.24) is 14.8 Å². The zero-order valence-electron chi connectivity index (χ0n) is 10.4. The summed E-state index contributed by atoms with van der Waals surface area (Å²) in [6.07, 6.45) is 3.06. The Morgan fingerprint density at radius 1 is 1.18 bits per heavy atom. The Morgan fingerprint density at radius 3 is 2.35 bits per heavy atom. The van der Waals surface area contributed by atoms with Gasteiger partial charge < -0.3 is 10.0 Å². The molecule has 0 aliphatic carbocycles. The van der Waals surface area contributed by atoms with Gasteiger partial charge in [0.2, 0.25) is 0 Å². The van der Waals surface area contributed by atoms with Crippen molar-refractivity contribution in [2.24, 2.45) is 0 Å². The summed E-state index contributed by atoms with van der Waals surface area (Å²) in [6.45, 7) is 8.37. The summed E-state index contributed by atoms with van der Waals surface area (Å²) < 4.78 is 0. The van der Waals surface area contributed by atoms with E-state index < -0.39 is 6.10 Å². The van der Waals surface area contributed by atoms with Crippen molar-refractivity contribution < 1.29 is 5.11 Å². The Labute approximate surface area is 103 Å². The number of nitrogens with zero attached hydrogens (tertiary/aromatic N) is 3. The number of pyridine rings is 1. The molecule has 2 rings (SSSR count). The average Bonchev–Trinajstić information content (AvgIpc) is 2.40. The number of aliphatic hydroxyl groups excluding tert-OH is 1. The summed E-state index contributed by atoms with van der Waals surface area (Å²) >= 11 is 0. The van der Waals surface area contributed by atoms with Gasteiger partial charge in [0.25, 0.3) is 0 Å². The minimum atomic E-state index is -0.397. The fraction of sp³-hybridized carbons (Fsp3) is 0.615. The summed E-state index contributed by atoms with van der Waals surface area (Å²) in [6, 6.07) is 3.76. The lowest BCUT2D eigenvalue weighted by Gasteiger charge is -2.35. The molecule has 1 N–H and O–H groups in total. The second-order valence-corrected chi connectivity index (χ2v) is 4.53. The van der Waals surface area contributed by atoms with Crippen molar-refractivity contribution in [1.29, 1.82) is 0 Å². The van der Waals surface area contributed by atoms with Gasteiger partial charge in [0, 0.05) is 45.1 Å². The molecule has 94 valence electrons. The maximum absolute atomic E-state index is 10.1. The molecule has 4 heteroatoms. The topological polar surface area (TPSA) is 39.6 Å². The van der Waals surface area contributed by atoms with E-state index in [1.165, 1.54) is 0 Å². The first-order valence-corrected chi connectivity index (χ1v) is 6.32. The fourth-order valence-corrected chi connectivity index (χ4v) is 2.22. The van der Waals surface area contributed by atoms with E-state index in [4.69, 9.17) is 0 Å². The van der Waals surface area contributed by atoms with Crippen LogP contribution in [0.3, 0.4) is 0 Å². The molecule has 1 unspecified atom stereocenters. The molecule has 1 fully saturated rings. The molecule has 1 saturated heterocycles. The Kier molecular flexibility index (Phi) is 4.48. The Hall–Kier alpha value is -0.970. The number of hydrogen-bond donors (Lipinski definition) is 1. The van der Waals surface area contributed by atoms with E-state index in [1.807, 2.05) is 12.1 Å². The van der Waals surface area contributed by atoms with Crippen LogP contribution in [0.15, 0.2) is 24.5 Å². The van der Waals surface area contributed by atoms with Crippen LogP contribution in [0.1, 0.15) is 18.6 Å². The number of β-amino-alcohol motifs (C(OH)–C–C–N with tert-alkyl or cyclic N) is 1. The molecule has 17 heavy (non-hydrogen) atoms. The molecule has 2 heterocycles. The standard InChI is InChI=1S/C13H21N3O/c1-2-15-7-9-16(10-8-15)11-13(17)12-3-5-14-6-4-12/h3-6,13,17H,2,7-11H2,1H3. The van der Waals surface area contributed by atoms with Gasteiger partial charge in [0.05, 0.1) is 6.10 Å². The first-order chi connectivity index (χ1) is 8.29. The highest BCUT2D eigenvalue weighted by Crippen LogP contribution is 2.14. The van der Waals surface area contributed by atoms with Crippen molar-refractivity contribution in [3.63, 3.8) is 0 Å². The third-order valence-electron chi connectivity index (χ3n) is 3.43. The van der Waals surface area contributed by atoms with E-state index >= 15 is 0 Å². The molecule has 0 bridgehead atoms. The number of likely N-dealkylation sites (N-methyl/N-ethyl adjacent to an activating group) is 1. The van der Waals surface area contributed by atoms with Gasteiger partial charge in [-0.3, -0.25) is 9.88 Å². The molecular formula is C13H21N3O. The predicted molar refractivity (Wildman–Crippen MR) is 67.8 cm³/mol. The molecule has 1 aliphatic rings. The van der Waals surface area contributed by atoms with Crippen LogP contribution in [0.4, 0.5) is 0 Å². The molecule has 0 saturated carbocycles. The number of aromatic nitrogens is 1. The van der Waals surface area contributed by atoms with Gasteiger partial charge in [-0.1, -0.05) is 6.92 Å². The van der Waals surface area contributed by atoms with Gasteiger partial charge in [-0.15, -0.1) is 0 Å². The smallest absolute Gasteiger partial charge is 0.0918 e. The van der Waals surface area contributed by atoms with E-state index in [2.05, 4.69) is 21.7 Å². The molecule has 1 atom stereocenters. The quantitative estimate of drug-likeness (QED) is 0.836. The molecule has 1 aromatic heterocycles. The van der Waals surface area contributed by atoms with Crippen LogP contribution >= 0.6 is 0 Å². The zero-order valence-corrected chi connectivity index (χ0v) is 10.4. The van der Waals surface area contributed by atoms with Crippen LogP contribution in [0.2, 0.25) is 0 Å². The zero-order chi connectivity index (χ0) is 12.1. The first kappa shape index (κ1) is 12.5. The second kappa shape index (κ2) is 6.10. The summed E-state index contributed by atoms with van der Waals surface area (Å²) in [5.74, 6) is 0. The number of piperazine rings is 1. The Balaban J connectivity index is 1.82. The van der Waals surface area contributed by atoms with Crippen molar-refractivity contribution in [2.75, 3.05) is 39.3 Å². The van der Waals surface area contributed by atoms with Crippen LogP contribution in [-0.4, -0.2) is 59.2 Å². The summed E-state index contributed by atoms with van der Waals surface area (Å²) in [5, 5.41) is 10.1. The number of rotatable bonds is 4. The van der Waals surface area contributed by atoms with Crippen LogP contribution in [0.25, 0.3) is 0 Å². The van der Waals surface area contributed by atoms with Gasteiger partial charge in [0.15, 0.2) is 0 Å². The van der Waals surface area contributed by atoms with E-state index in [1.54, 1.807) is 12.4 Å². The molecule has 1 aliphatic heterocycles. The highest BCUT2D eigenvalue weighted by molar-refractivity contribution is 5.13. The SMILES string of the molecule is CCN1CCN(CC(O)c2ccncc2)CC1. The van der Waals surface area contributed by atoms with Crippen molar-refractivity contribution in [3.8, 4) is 0 Å². The molecule has 4 nitrogen and oxygen atoms in total. The summed E-state index contributed by atoms with van der Waals surface area (Å²) in [4.78, 5) is 8.73. The maximum atomic E-state index is 10.1. The largest absolute Gasteiger partial charge is 0.387 e. The highest BCUT2D eigenvalue weighted by Gasteiger charge is 2.18. The number of hydrogen-bond acceptors (Lipinski definition) is 4. The number of aliphatic hydroxyl groups is 1. The molecule has 0 amide bonds. The first-order valence-electron chi connectivity index (χ1n) is 6.32. The van der Waals surface area contributed by atoms with Crippen molar-refractivity contribution >= 4 is 0 Å². The van der Waals surface area contributed by atoms with E-state index in [0.29, 0.717) is 0 Å². The van der Waals surface area contributed by atoms with Crippen molar-refractivity contribution in [3.05, 3.63) is 30.1 Å². The van der Waals surface area contributed by atoms with E-state index in [9.17, 15) is 5.11 Å². The van der Waals surface area contributed by atoms with Crippen LogP contribution in [0, 0.1) is 0 Å². The molecular weight excluding hydrogens is 214 g/mol. The van der Waals surface area contributed by atoms with E-state index in [0.717, 1.165) is 44.8 Å². The molecule has 0 aromatic carbocycles.